The lowest BCUT2D eigenvalue weighted by Crippen LogP contribution is -2.22. The molecule has 0 bridgehead atoms. The minimum absolute atomic E-state index is 0.0876. The molecule has 1 aliphatic heterocycles. The molecule has 1 fully saturated rings. The van der Waals surface area contributed by atoms with Crippen LogP contribution in [0.25, 0.3) is 0 Å². The van der Waals surface area contributed by atoms with Crippen LogP contribution in [0.5, 0.6) is 5.75 Å². The number of halogens is 1. The zero-order valence-electron chi connectivity index (χ0n) is 13.5. The second-order valence-electron chi connectivity index (χ2n) is 5.80. The molecule has 128 valence electrons. The highest BCUT2D eigenvalue weighted by Gasteiger charge is 2.23. The first kappa shape index (κ1) is 16.9. The van der Waals surface area contributed by atoms with E-state index in [1.807, 2.05) is 6.07 Å². The lowest BCUT2D eigenvalue weighted by atomic mass is 10.1. The molecule has 25 heavy (non-hydrogen) atoms. The molecule has 0 aliphatic carbocycles. The third-order valence-electron chi connectivity index (χ3n) is 3.95. The van der Waals surface area contributed by atoms with E-state index in [2.05, 4.69) is 5.32 Å². The Labute approximate surface area is 145 Å². The summed E-state index contributed by atoms with van der Waals surface area (Å²) in [4.78, 5) is 12.0. The van der Waals surface area contributed by atoms with Crippen LogP contribution in [0, 0.1) is 23.1 Å². The van der Waals surface area contributed by atoms with E-state index in [9.17, 15) is 9.18 Å². The van der Waals surface area contributed by atoms with E-state index in [1.165, 1.54) is 12.1 Å². The number of ether oxygens (including phenoxy) is 2. The highest BCUT2D eigenvalue weighted by Crippen LogP contribution is 2.23. The Bertz CT molecular complexity index is 811. The molecule has 0 unspecified atom stereocenters. The van der Waals surface area contributed by atoms with Gasteiger partial charge in [-0.05, 0) is 36.2 Å². The fraction of sp³-hybridized carbons (Fsp3) is 0.263. The number of amides is 1. The van der Waals surface area contributed by atoms with Gasteiger partial charge in [0, 0.05) is 18.4 Å². The monoisotopic (exact) mass is 340 g/mol. The van der Waals surface area contributed by atoms with Crippen LogP contribution in [0.3, 0.4) is 0 Å². The first-order valence-electron chi connectivity index (χ1n) is 7.95. The number of hydrogen-bond donors (Lipinski definition) is 1. The maximum absolute atomic E-state index is 14.2. The zero-order valence-corrected chi connectivity index (χ0v) is 13.5. The van der Waals surface area contributed by atoms with Gasteiger partial charge in [0.15, 0.2) is 11.6 Å². The van der Waals surface area contributed by atoms with Crippen LogP contribution in [0.1, 0.15) is 17.5 Å². The summed E-state index contributed by atoms with van der Waals surface area (Å²) in [7, 11) is 0. The molecule has 2 aromatic rings. The molecule has 1 heterocycles. The van der Waals surface area contributed by atoms with E-state index in [4.69, 9.17) is 14.7 Å². The van der Waals surface area contributed by atoms with Crippen LogP contribution in [-0.2, 0) is 16.1 Å². The van der Waals surface area contributed by atoms with Gasteiger partial charge in [-0.15, -0.1) is 0 Å². The molecule has 1 saturated heterocycles. The van der Waals surface area contributed by atoms with E-state index in [1.54, 1.807) is 30.3 Å². The van der Waals surface area contributed by atoms with Crippen LogP contribution < -0.4 is 10.1 Å². The number of rotatable bonds is 5. The normalized spacial score (nSPS) is 16.2. The summed E-state index contributed by atoms with van der Waals surface area (Å²) >= 11 is 0. The van der Waals surface area contributed by atoms with Gasteiger partial charge in [0.1, 0.15) is 6.61 Å². The predicted molar refractivity (Wildman–Crippen MR) is 89.4 cm³/mol. The van der Waals surface area contributed by atoms with Gasteiger partial charge in [-0.25, -0.2) is 4.39 Å². The van der Waals surface area contributed by atoms with Gasteiger partial charge in [0.25, 0.3) is 0 Å². The number of nitrogens with zero attached hydrogens (tertiary/aromatic N) is 1. The Morgan fingerprint density at radius 2 is 2.24 bits per heavy atom. The molecule has 3 rings (SSSR count). The SMILES string of the molecule is N#Cc1cccc(COc2ccc(NC(=O)[C@H]3CCOC3)cc2F)c1. The van der Waals surface area contributed by atoms with Crippen LogP contribution in [0.4, 0.5) is 10.1 Å². The van der Waals surface area contributed by atoms with E-state index in [-0.39, 0.29) is 24.2 Å². The van der Waals surface area contributed by atoms with E-state index in [0.717, 1.165) is 5.56 Å². The molecular weight excluding hydrogens is 323 g/mol. The van der Waals surface area contributed by atoms with Gasteiger partial charge in [-0.2, -0.15) is 5.26 Å². The number of anilines is 1. The van der Waals surface area contributed by atoms with Gasteiger partial charge in [0.05, 0.1) is 24.2 Å². The van der Waals surface area contributed by atoms with Crippen LogP contribution in [-0.4, -0.2) is 19.1 Å². The highest BCUT2D eigenvalue weighted by atomic mass is 19.1. The molecule has 0 aromatic heterocycles. The average molecular weight is 340 g/mol. The molecule has 0 radical (unpaired) electrons. The fourth-order valence-corrected chi connectivity index (χ4v) is 2.57. The summed E-state index contributed by atoms with van der Waals surface area (Å²) in [6.45, 7) is 1.13. The van der Waals surface area contributed by atoms with Gasteiger partial charge >= 0.3 is 0 Å². The second-order valence-corrected chi connectivity index (χ2v) is 5.80. The van der Waals surface area contributed by atoms with Crippen molar-refractivity contribution in [3.63, 3.8) is 0 Å². The summed E-state index contributed by atoms with van der Waals surface area (Å²) in [5.41, 5.74) is 1.68. The smallest absolute Gasteiger partial charge is 0.229 e. The number of carbonyl (C=O) groups excluding carboxylic acids is 1. The summed E-state index contributed by atoms with van der Waals surface area (Å²) in [5.74, 6) is -0.827. The third-order valence-corrected chi connectivity index (χ3v) is 3.95. The Hall–Kier alpha value is -2.91. The summed E-state index contributed by atoms with van der Waals surface area (Å²) in [5, 5.41) is 11.6. The molecule has 6 heteroatoms. The minimum Gasteiger partial charge on any atom is -0.486 e. The lowest BCUT2D eigenvalue weighted by Gasteiger charge is -2.11. The summed E-state index contributed by atoms with van der Waals surface area (Å²) in [6, 6.07) is 13.3. The standard InChI is InChI=1S/C19H17FN2O3/c20-17-9-16(22-19(23)15-6-7-24-12-15)4-5-18(17)25-11-14-3-1-2-13(8-14)10-21/h1-5,8-9,15H,6-7,11-12H2,(H,22,23)/t15-/m0/s1. The molecule has 1 aliphatic rings. The predicted octanol–water partition coefficient (Wildman–Crippen LogP) is 3.25. The van der Waals surface area contributed by atoms with Gasteiger partial charge in [-0.3, -0.25) is 4.79 Å². The molecule has 0 saturated carbocycles. The molecule has 1 amide bonds. The lowest BCUT2D eigenvalue weighted by molar-refractivity contribution is -0.119. The van der Waals surface area contributed by atoms with Gasteiger partial charge < -0.3 is 14.8 Å². The number of nitrogens with one attached hydrogen (secondary N) is 1. The third kappa shape index (κ3) is 4.34. The first-order valence-corrected chi connectivity index (χ1v) is 7.95. The van der Waals surface area contributed by atoms with Crippen molar-refractivity contribution in [2.45, 2.75) is 13.0 Å². The van der Waals surface area contributed by atoms with Crippen molar-refractivity contribution >= 4 is 11.6 Å². The number of carbonyl (C=O) groups is 1. The number of benzene rings is 2. The minimum atomic E-state index is -0.558. The maximum atomic E-state index is 14.2. The molecular formula is C19H17FN2O3. The second kappa shape index (κ2) is 7.77. The van der Waals surface area contributed by atoms with Crippen LogP contribution in [0.15, 0.2) is 42.5 Å². The Morgan fingerprint density at radius 3 is 2.96 bits per heavy atom. The van der Waals surface area contributed by atoms with Gasteiger partial charge in [0.2, 0.25) is 5.91 Å². The Kier molecular flexibility index (Phi) is 5.26. The topological polar surface area (TPSA) is 71.3 Å². The largest absolute Gasteiger partial charge is 0.486 e. The fourth-order valence-electron chi connectivity index (χ4n) is 2.57. The number of nitriles is 1. The quantitative estimate of drug-likeness (QED) is 0.907. The van der Waals surface area contributed by atoms with Crippen molar-refractivity contribution in [3.8, 4) is 11.8 Å². The molecule has 5 nitrogen and oxygen atoms in total. The Morgan fingerprint density at radius 1 is 1.36 bits per heavy atom. The van der Waals surface area contributed by atoms with Crippen molar-refractivity contribution in [2.24, 2.45) is 5.92 Å². The molecule has 2 aromatic carbocycles. The van der Waals surface area contributed by atoms with Crippen molar-refractivity contribution < 1.29 is 18.7 Å². The van der Waals surface area contributed by atoms with E-state index in [0.29, 0.717) is 30.9 Å². The van der Waals surface area contributed by atoms with Crippen LogP contribution in [0.2, 0.25) is 0 Å². The van der Waals surface area contributed by atoms with Gasteiger partial charge in [-0.1, -0.05) is 12.1 Å². The first-order chi connectivity index (χ1) is 12.2. The molecule has 1 atom stereocenters. The molecule has 0 spiro atoms. The summed E-state index contributed by atoms with van der Waals surface area (Å²) in [6.07, 6.45) is 0.678. The summed E-state index contributed by atoms with van der Waals surface area (Å²) < 4.78 is 24.8. The molecule has 1 N–H and O–H groups in total. The number of hydrogen-bond acceptors (Lipinski definition) is 4. The van der Waals surface area contributed by atoms with Crippen molar-refractivity contribution in [1.29, 1.82) is 5.26 Å². The Balaban J connectivity index is 1.61. The maximum Gasteiger partial charge on any atom is 0.229 e. The van der Waals surface area contributed by atoms with Crippen LogP contribution >= 0.6 is 0 Å². The highest BCUT2D eigenvalue weighted by molar-refractivity contribution is 5.92. The van der Waals surface area contributed by atoms with E-state index < -0.39 is 5.82 Å². The zero-order chi connectivity index (χ0) is 17.6. The van der Waals surface area contributed by atoms with Crippen molar-refractivity contribution in [3.05, 3.63) is 59.4 Å². The van der Waals surface area contributed by atoms with E-state index >= 15 is 0 Å². The van der Waals surface area contributed by atoms with Crippen molar-refractivity contribution in [2.75, 3.05) is 18.5 Å². The average Bonchev–Trinajstić information content (AvgIpc) is 3.16. The van der Waals surface area contributed by atoms with Crippen molar-refractivity contribution in [1.82, 2.24) is 0 Å².